The average molecular weight is 311 g/mol. The summed E-state index contributed by atoms with van der Waals surface area (Å²) in [5.74, 6) is 0.839. The van der Waals surface area contributed by atoms with E-state index in [0.717, 1.165) is 30.0 Å². The van der Waals surface area contributed by atoms with Crippen LogP contribution in [0.1, 0.15) is 48.3 Å². The first-order valence-electron chi connectivity index (χ1n) is 8.31. The van der Waals surface area contributed by atoms with Gasteiger partial charge in [0, 0.05) is 13.1 Å². The Hall–Kier alpha value is -2.30. The highest BCUT2D eigenvalue weighted by Gasteiger charge is 2.29. The van der Waals surface area contributed by atoms with Crippen LogP contribution in [0.5, 0.6) is 5.75 Å². The summed E-state index contributed by atoms with van der Waals surface area (Å²) in [4.78, 5) is 19.2. The van der Waals surface area contributed by atoms with Crippen molar-refractivity contribution in [3.63, 3.8) is 0 Å². The molecule has 2 aliphatic rings. The van der Waals surface area contributed by atoms with Gasteiger partial charge in [0.1, 0.15) is 18.7 Å². The van der Waals surface area contributed by atoms with Gasteiger partial charge < -0.3 is 9.64 Å². The van der Waals surface area contributed by atoms with Gasteiger partial charge in [0.25, 0.3) is 5.91 Å². The molecule has 0 atom stereocenters. The van der Waals surface area contributed by atoms with Crippen molar-refractivity contribution >= 4 is 5.91 Å². The van der Waals surface area contributed by atoms with E-state index in [9.17, 15) is 4.79 Å². The SMILES string of the molecule is CN(C(=O)c1ncn2c1COc1ccccc1-2)C1CCCCC1. The highest BCUT2D eigenvalue weighted by atomic mass is 16.5. The van der Waals surface area contributed by atoms with E-state index in [-0.39, 0.29) is 5.91 Å². The third-order valence-corrected chi connectivity index (χ3v) is 5.00. The van der Waals surface area contributed by atoms with Gasteiger partial charge in [-0.05, 0) is 25.0 Å². The minimum atomic E-state index is 0.00799. The summed E-state index contributed by atoms with van der Waals surface area (Å²) in [6.45, 7) is 0.386. The fourth-order valence-corrected chi connectivity index (χ4v) is 3.62. The van der Waals surface area contributed by atoms with Gasteiger partial charge in [0.2, 0.25) is 0 Å². The smallest absolute Gasteiger partial charge is 0.274 e. The number of benzene rings is 1. The summed E-state index contributed by atoms with van der Waals surface area (Å²) in [7, 11) is 1.90. The monoisotopic (exact) mass is 311 g/mol. The molecule has 0 saturated heterocycles. The van der Waals surface area contributed by atoms with Crippen molar-refractivity contribution in [2.24, 2.45) is 0 Å². The van der Waals surface area contributed by atoms with Gasteiger partial charge in [-0.25, -0.2) is 4.98 Å². The summed E-state index contributed by atoms with van der Waals surface area (Å²) < 4.78 is 7.77. The normalized spacial score (nSPS) is 17.1. The topological polar surface area (TPSA) is 47.4 Å². The quantitative estimate of drug-likeness (QED) is 0.856. The first-order valence-corrected chi connectivity index (χ1v) is 8.31. The Labute approximate surface area is 135 Å². The number of nitrogens with zero attached hydrogens (tertiary/aromatic N) is 3. The van der Waals surface area contributed by atoms with Crippen LogP contribution < -0.4 is 4.74 Å². The average Bonchev–Trinajstić information content (AvgIpc) is 3.05. The van der Waals surface area contributed by atoms with Crippen LogP contribution in [0.15, 0.2) is 30.6 Å². The molecule has 0 radical (unpaired) electrons. The zero-order chi connectivity index (χ0) is 15.8. The van der Waals surface area contributed by atoms with E-state index >= 15 is 0 Å². The van der Waals surface area contributed by atoms with Crippen molar-refractivity contribution in [2.75, 3.05) is 7.05 Å². The van der Waals surface area contributed by atoms with E-state index in [2.05, 4.69) is 4.98 Å². The van der Waals surface area contributed by atoms with E-state index < -0.39 is 0 Å². The second-order valence-corrected chi connectivity index (χ2v) is 6.37. The summed E-state index contributed by atoms with van der Waals surface area (Å²) >= 11 is 0. The Morgan fingerprint density at radius 1 is 1.26 bits per heavy atom. The molecule has 23 heavy (non-hydrogen) atoms. The number of rotatable bonds is 2. The Morgan fingerprint density at radius 2 is 2.04 bits per heavy atom. The number of ether oxygens (including phenoxy) is 1. The second kappa shape index (κ2) is 5.72. The highest BCUT2D eigenvalue weighted by molar-refractivity contribution is 5.93. The lowest BCUT2D eigenvalue weighted by atomic mass is 9.94. The largest absolute Gasteiger partial charge is 0.485 e. The molecule has 120 valence electrons. The maximum absolute atomic E-state index is 12.9. The van der Waals surface area contributed by atoms with Gasteiger partial charge in [-0.3, -0.25) is 9.36 Å². The number of aromatic nitrogens is 2. The number of hydrogen-bond donors (Lipinski definition) is 0. The van der Waals surface area contributed by atoms with Crippen LogP contribution in [0.25, 0.3) is 5.69 Å². The van der Waals surface area contributed by atoms with Crippen LogP contribution in [-0.4, -0.2) is 33.4 Å². The number of carbonyl (C=O) groups excluding carboxylic acids is 1. The number of hydrogen-bond acceptors (Lipinski definition) is 3. The molecule has 2 aromatic rings. The molecular formula is C18H21N3O2. The van der Waals surface area contributed by atoms with Gasteiger partial charge in [0.15, 0.2) is 5.69 Å². The number of amides is 1. The van der Waals surface area contributed by atoms with E-state index in [4.69, 9.17) is 4.74 Å². The molecule has 1 fully saturated rings. The zero-order valence-electron chi connectivity index (χ0n) is 13.4. The highest BCUT2D eigenvalue weighted by Crippen LogP contribution is 2.31. The summed E-state index contributed by atoms with van der Waals surface area (Å²) in [6.07, 6.45) is 7.62. The summed E-state index contributed by atoms with van der Waals surface area (Å²) in [5, 5.41) is 0. The van der Waals surface area contributed by atoms with Crippen molar-refractivity contribution in [3.8, 4) is 11.4 Å². The standard InChI is InChI=1S/C18H21N3O2/c1-20(13-7-3-2-4-8-13)18(22)17-15-11-23-16-10-6-5-9-14(16)21(15)12-19-17/h5-6,9-10,12-13H,2-4,7-8,11H2,1H3. The molecule has 1 aromatic carbocycles. The number of para-hydroxylation sites is 2. The van der Waals surface area contributed by atoms with Gasteiger partial charge in [-0.2, -0.15) is 0 Å². The first-order chi connectivity index (χ1) is 11.3. The van der Waals surface area contributed by atoms with Crippen molar-refractivity contribution in [1.82, 2.24) is 14.5 Å². The van der Waals surface area contributed by atoms with Crippen molar-refractivity contribution < 1.29 is 9.53 Å². The minimum absolute atomic E-state index is 0.00799. The van der Waals surface area contributed by atoms with E-state index in [1.165, 1.54) is 19.3 Å². The molecule has 1 saturated carbocycles. The van der Waals surface area contributed by atoms with Gasteiger partial charge in [-0.1, -0.05) is 31.4 Å². The number of carbonyl (C=O) groups is 1. The summed E-state index contributed by atoms with van der Waals surface area (Å²) in [5.41, 5.74) is 2.31. The van der Waals surface area contributed by atoms with Gasteiger partial charge in [0.05, 0.1) is 11.4 Å². The molecule has 5 nitrogen and oxygen atoms in total. The zero-order valence-corrected chi connectivity index (χ0v) is 13.4. The predicted octanol–water partition coefficient (Wildman–Crippen LogP) is 3.17. The fourth-order valence-electron chi connectivity index (χ4n) is 3.62. The maximum atomic E-state index is 12.9. The third kappa shape index (κ3) is 2.40. The van der Waals surface area contributed by atoms with Gasteiger partial charge >= 0.3 is 0 Å². The van der Waals surface area contributed by atoms with Crippen LogP contribution >= 0.6 is 0 Å². The van der Waals surface area contributed by atoms with Crippen molar-refractivity contribution in [1.29, 1.82) is 0 Å². The Kier molecular flexibility index (Phi) is 3.56. The molecule has 5 heteroatoms. The lowest BCUT2D eigenvalue weighted by molar-refractivity contribution is 0.0687. The lowest BCUT2D eigenvalue weighted by Gasteiger charge is -2.31. The van der Waals surface area contributed by atoms with Crippen molar-refractivity contribution in [3.05, 3.63) is 42.0 Å². The molecule has 4 rings (SSSR count). The molecule has 0 N–H and O–H groups in total. The molecule has 0 unspecified atom stereocenters. The molecule has 1 aromatic heterocycles. The van der Waals surface area contributed by atoms with Crippen LogP contribution in [0.3, 0.4) is 0 Å². The van der Waals surface area contributed by atoms with Crippen LogP contribution in [-0.2, 0) is 6.61 Å². The van der Waals surface area contributed by atoms with Crippen molar-refractivity contribution in [2.45, 2.75) is 44.8 Å². The number of fused-ring (bicyclic) bond motifs is 3. The van der Waals surface area contributed by atoms with E-state index in [0.29, 0.717) is 18.3 Å². The Morgan fingerprint density at radius 3 is 2.87 bits per heavy atom. The third-order valence-electron chi connectivity index (χ3n) is 5.00. The Bertz CT molecular complexity index is 732. The summed E-state index contributed by atoms with van der Waals surface area (Å²) in [6, 6.07) is 8.17. The fraction of sp³-hybridized carbons (Fsp3) is 0.444. The minimum Gasteiger partial charge on any atom is -0.485 e. The van der Waals surface area contributed by atoms with E-state index in [1.807, 2.05) is 40.8 Å². The second-order valence-electron chi connectivity index (χ2n) is 6.37. The molecule has 2 heterocycles. The molecular weight excluding hydrogens is 290 g/mol. The van der Waals surface area contributed by atoms with Gasteiger partial charge in [-0.15, -0.1) is 0 Å². The molecule has 1 amide bonds. The molecule has 1 aliphatic carbocycles. The Balaban J connectivity index is 1.64. The first kappa shape index (κ1) is 14.3. The van der Waals surface area contributed by atoms with Crippen LogP contribution in [0.4, 0.5) is 0 Å². The van der Waals surface area contributed by atoms with Crippen LogP contribution in [0, 0.1) is 0 Å². The molecule has 1 aliphatic heterocycles. The van der Waals surface area contributed by atoms with Crippen LogP contribution in [0.2, 0.25) is 0 Å². The van der Waals surface area contributed by atoms with E-state index in [1.54, 1.807) is 6.33 Å². The maximum Gasteiger partial charge on any atom is 0.274 e. The molecule has 0 spiro atoms. The molecule has 0 bridgehead atoms. The lowest BCUT2D eigenvalue weighted by Crippen LogP contribution is -2.39. The number of imidazole rings is 1. The predicted molar refractivity (Wildman–Crippen MR) is 86.9 cm³/mol.